The Morgan fingerprint density at radius 2 is 1.83 bits per heavy atom. The third-order valence-corrected chi connectivity index (χ3v) is 3.97. The Morgan fingerprint density at radius 3 is 2.50 bits per heavy atom. The molecule has 2 heterocycles. The van der Waals surface area contributed by atoms with E-state index in [0.29, 0.717) is 16.4 Å². The minimum atomic E-state index is -0.342. The van der Waals surface area contributed by atoms with E-state index in [-0.39, 0.29) is 17.5 Å². The van der Waals surface area contributed by atoms with Crippen LogP contribution < -0.4 is 5.32 Å². The van der Waals surface area contributed by atoms with Crippen molar-refractivity contribution in [2.45, 2.75) is 5.03 Å². The Hall–Kier alpha value is -2.80. The standard InChI is InChI=1S/C17H13FN4OS/c18-12-4-6-13(7-5-12)20-16(23)11-24-17-9-8-15(21-22-17)14-3-1-2-10-19-14/h1-10H,11H2,(H,20,23). The monoisotopic (exact) mass is 340 g/mol. The first-order chi connectivity index (χ1) is 11.7. The van der Waals surface area contributed by atoms with Crippen molar-refractivity contribution in [3.8, 4) is 11.4 Å². The minimum absolute atomic E-state index is 0.189. The van der Waals surface area contributed by atoms with Crippen molar-refractivity contribution >= 4 is 23.4 Å². The van der Waals surface area contributed by atoms with Gasteiger partial charge in [-0.1, -0.05) is 17.8 Å². The van der Waals surface area contributed by atoms with Crippen LogP contribution >= 0.6 is 11.8 Å². The zero-order valence-electron chi connectivity index (χ0n) is 12.5. The number of nitrogens with zero attached hydrogens (tertiary/aromatic N) is 3. The zero-order chi connectivity index (χ0) is 16.8. The molecule has 0 saturated heterocycles. The molecule has 3 aromatic rings. The molecule has 24 heavy (non-hydrogen) atoms. The predicted molar refractivity (Wildman–Crippen MR) is 91.0 cm³/mol. The fraction of sp³-hybridized carbons (Fsp3) is 0.0588. The highest BCUT2D eigenvalue weighted by Crippen LogP contribution is 2.18. The van der Waals surface area contributed by atoms with Gasteiger partial charge in [0, 0.05) is 11.9 Å². The Balaban J connectivity index is 1.54. The lowest BCUT2D eigenvalue weighted by Crippen LogP contribution is -2.14. The summed E-state index contributed by atoms with van der Waals surface area (Å²) in [4.78, 5) is 16.1. The lowest BCUT2D eigenvalue weighted by atomic mass is 10.2. The number of aromatic nitrogens is 3. The second-order valence-corrected chi connectivity index (χ2v) is 5.81. The van der Waals surface area contributed by atoms with E-state index >= 15 is 0 Å². The van der Waals surface area contributed by atoms with Crippen LogP contribution in [-0.4, -0.2) is 26.8 Å². The number of carbonyl (C=O) groups excluding carboxylic acids is 1. The number of benzene rings is 1. The quantitative estimate of drug-likeness (QED) is 0.721. The van der Waals surface area contributed by atoms with Gasteiger partial charge in [-0.05, 0) is 48.5 Å². The molecule has 0 saturated carbocycles. The molecule has 0 atom stereocenters. The molecule has 7 heteroatoms. The van der Waals surface area contributed by atoms with Crippen molar-refractivity contribution in [1.29, 1.82) is 0 Å². The smallest absolute Gasteiger partial charge is 0.234 e. The number of carbonyl (C=O) groups is 1. The maximum atomic E-state index is 12.8. The zero-order valence-corrected chi connectivity index (χ0v) is 13.3. The summed E-state index contributed by atoms with van der Waals surface area (Å²) in [5.41, 5.74) is 1.98. The molecule has 0 radical (unpaired) electrons. The Morgan fingerprint density at radius 1 is 1.00 bits per heavy atom. The number of halogens is 1. The van der Waals surface area contributed by atoms with Crippen molar-refractivity contribution < 1.29 is 9.18 Å². The molecule has 120 valence electrons. The van der Waals surface area contributed by atoms with Gasteiger partial charge in [-0.2, -0.15) is 0 Å². The summed E-state index contributed by atoms with van der Waals surface area (Å²) in [6, 6.07) is 14.8. The van der Waals surface area contributed by atoms with E-state index in [1.807, 2.05) is 24.3 Å². The molecule has 1 aromatic carbocycles. The average Bonchev–Trinajstić information content (AvgIpc) is 2.63. The maximum absolute atomic E-state index is 12.8. The van der Waals surface area contributed by atoms with Crippen LogP contribution in [-0.2, 0) is 4.79 Å². The molecular weight excluding hydrogens is 327 g/mol. The van der Waals surface area contributed by atoms with Crippen LogP contribution in [0.1, 0.15) is 0 Å². The predicted octanol–water partition coefficient (Wildman–Crippen LogP) is 3.41. The third kappa shape index (κ3) is 4.36. The van der Waals surface area contributed by atoms with Gasteiger partial charge in [0.15, 0.2) is 0 Å². The molecule has 0 aliphatic carbocycles. The fourth-order valence-corrected chi connectivity index (χ4v) is 2.53. The van der Waals surface area contributed by atoms with Crippen LogP contribution in [0.3, 0.4) is 0 Å². The second-order valence-electron chi connectivity index (χ2n) is 4.82. The van der Waals surface area contributed by atoms with Crippen molar-refractivity contribution in [3.05, 3.63) is 66.6 Å². The van der Waals surface area contributed by atoms with Crippen LogP contribution in [0.2, 0.25) is 0 Å². The highest BCUT2D eigenvalue weighted by molar-refractivity contribution is 7.99. The summed E-state index contributed by atoms with van der Waals surface area (Å²) >= 11 is 1.27. The van der Waals surface area contributed by atoms with E-state index in [2.05, 4.69) is 20.5 Å². The first-order valence-corrected chi connectivity index (χ1v) is 8.12. The molecule has 5 nitrogen and oxygen atoms in total. The van der Waals surface area contributed by atoms with Crippen LogP contribution in [0, 0.1) is 5.82 Å². The van der Waals surface area contributed by atoms with Gasteiger partial charge < -0.3 is 5.32 Å². The number of nitrogens with one attached hydrogen (secondary N) is 1. The van der Waals surface area contributed by atoms with E-state index in [9.17, 15) is 9.18 Å². The van der Waals surface area contributed by atoms with E-state index in [1.165, 1.54) is 36.0 Å². The van der Waals surface area contributed by atoms with Gasteiger partial charge in [-0.3, -0.25) is 9.78 Å². The van der Waals surface area contributed by atoms with Gasteiger partial charge in [0.25, 0.3) is 0 Å². The SMILES string of the molecule is O=C(CSc1ccc(-c2ccccn2)nn1)Nc1ccc(F)cc1. The number of amides is 1. The maximum Gasteiger partial charge on any atom is 0.234 e. The highest BCUT2D eigenvalue weighted by atomic mass is 32.2. The van der Waals surface area contributed by atoms with E-state index in [1.54, 1.807) is 12.3 Å². The van der Waals surface area contributed by atoms with Crippen molar-refractivity contribution in [2.24, 2.45) is 0 Å². The lowest BCUT2D eigenvalue weighted by molar-refractivity contribution is -0.113. The summed E-state index contributed by atoms with van der Waals surface area (Å²) in [6.07, 6.45) is 1.69. The molecule has 0 aliphatic rings. The van der Waals surface area contributed by atoms with Gasteiger partial charge >= 0.3 is 0 Å². The van der Waals surface area contributed by atoms with Crippen LogP contribution in [0.25, 0.3) is 11.4 Å². The third-order valence-electron chi connectivity index (χ3n) is 3.05. The summed E-state index contributed by atoms with van der Waals surface area (Å²) in [7, 11) is 0. The Kier molecular flexibility index (Phi) is 5.12. The topological polar surface area (TPSA) is 67.8 Å². The average molecular weight is 340 g/mol. The van der Waals surface area contributed by atoms with Gasteiger partial charge in [0.1, 0.15) is 16.5 Å². The molecule has 0 fully saturated rings. The molecule has 1 amide bonds. The minimum Gasteiger partial charge on any atom is -0.325 e. The molecular formula is C17H13FN4OS. The Labute approximate surface area is 142 Å². The molecule has 2 aromatic heterocycles. The highest BCUT2D eigenvalue weighted by Gasteiger charge is 2.06. The first-order valence-electron chi connectivity index (χ1n) is 7.14. The Bertz CT molecular complexity index is 810. The van der Waals surface area contributed by atoms with Crippen LogP contribution in [0.4, 0.5) is 10.1 Å². The van der Waals surface area contributed by atoms with Crippen molar-refractivity contribution in [2.75, 3.05) is 11.1 Å². The van der Waals surface area contributed by atoms with E-state index in [0.717, 1.165) is 5.69 Å². The molecule has 0 aliphatic heterocycles. The van der Waals surface area contributed by atoms with Gasteiger partial charge in [0.05, 0.1) is 11.4 Å². The number of thioether (sulfide) groups is 1. The molecule has 3 rings (SSSR count). The van der Waals surface area contributed by atoms with Crippen molar-refractivity contribution in [1.82, 2.24) is 15.2 Å². The largest absolute Gasteiger partial charge is 0.325 e. The number of hydrogen-bond acceptors (Lipinski definition) is 5. The molecule has 0 bridgehead atoms. The summed E-state index contributed by atoms with van der Waals surface area (Å²) in [6.45, 7) is 0. The number of rotatable bonds is 5. The van der Waals surface area contributed by atoms with Gasteiger partial charge in [-0.25, -0.2) is 4.39 Å². The first kappa shape index (κ1) is 16.1. The van der Waals surface area contributed by atoms with Gasteiger partial charge in [0.2, 0.25) is 5.91 Å². The molecule has 0 unspecified atom stereocenters. The lowest BCUT2D eigenvalue weighted by Gasteiger charge is -2.05. The molecule has 1 N–H and O–H groups in total. The van der Waals surface area contributed by atoms with Crippen LogP contribution in [0.5, 0.6) is 0 Å². The number of anilines is 1. The second kappa shape index (κ2) is 7.65. The number of pyridine rings is 1. The van der Waals surface area contributed by atoms with Crippen molar-refractivity contribution in [3.63, 3.8) is 0 Å². The summed E-state index contributed by atoms with van der Waals surface area (Å²) in [5, 5.41) is 11.5. The summed E-state index contributed by atoms with van der Waals surface area (Å²) in [5.74, 6) is -0.345. The summed E-state index contributed by atoms with van der Waals surface area (Å²) < 4.78 is 12.8. The van der Waals surface area contributed by atoms with E-state index in [4.69, 9.17) is 0 Å². The fourth-order valence-electron chi connectivity index (χ4n) is 1.92. The molecule has 0 spiro atoms. The van der Waals surface area contributed by atoms with Gasteiger partial charge in [-0.15, -0.1) is 10.2 Å². The number of hydrogen-bond donors (Lipinski definition) is 1. The normalized spacial score (nSPS) is 10.4. The van der Waals surface area contributed by atoms with E-state index < -0.39 is 0 Å². The van der Waals surface area contributed by atoms with Crippen LogP contribution in [0.15, 0.2) is 65.8 Å².